The zero-order chi connectivity index (χ0) is 21.8. The Labute approximate surface area is 183 Å². The molecule has 0 spiro atoms. The van der Waals surface area contributed by atoms with Crippen LogP contribution in [0.5, 0.6) is 0 Å². The number of alkyl halides is 4. The van der Waals surface area contributed by atoms with Gasteiger partial charge in [0.25, 0.3) is 0 Å². The van der Waals surface area contributed by atoms with Crippen molar-refractivity contribution in [3.63, 3.8) is 0 Å². The summed E-state index contributed by atoms with van der Waals surface area (Å²) < 4.78 is 42.1. The van der Waals surface area contributed by atoms with E-state index in [0.717, 1.165) is 32.4 Å². The Morgan fingerprint density at radius 3 is 2.71 bits per heavy atom. The molecule has 0 aromatic carbocycles. The second-order valence-corrected chi connectivity index (χ2v) is 10.0. The summed E-state index contributed by atoms with van der Waals surface area (Å²) in [6.45, 7) is 3.77. The van der Waals surface area contributed by atoms with Crippen LogP contribution >= 0.6 is 11.6 Å². The lowest BCUT2D eigenvalue weighted by molar-refractivity contribution is -0.182. The van der Waals surface area contributed by atoms with Gasteiger partial charge >= 0.3 is 6.18 Å². The van der Waals surface area contributed by atoms with Crippen molar-refractivity contribution < 1.29 is 13.2 Å². The van der Waals surface area contributed by atoms with Crippen LogP contribution < -0.4 is 16.0 Å². The number of nitrogens with zero attached hydrogens (tertiary/aromatic N) is 4. The van der Waals surface area contributed by atoms with E-state index in [4.69, 9.17) is 16.6 Å². The zero-order valence-corrected chi connectivity index (χ0v) is 18.1. The molecule has 4 atom stereocenters. The number of aromatic nitrogens is 4. The quantitative estimate of drug-likeness (QED) is 0.587. The van der Waals surface area contributed by atoms with Gasteiger partial charge in [-0.3, -0.25) is 4.57 Å². The van der Waals surface area contributed by atoms with Gasteiger partial charge in [-0.25, -0.2) is 9.97 Å². The predicted molar refractivity (Wildman–Crippen MR) is 114 cm³/mol. The lowest BCUT2D eigenvalue weighted by Gasteiger charge is -2.34. The van der Waals surface area contributed by atoms with Gasteiger partial charge in [-0.15, -0.1) is 11.6 Å². The third-order valence-corrected chi connectivity index (χ3v) is 7.05. The van der Waals surface area contributed by atoms with Gasteiger partial charge in [0.15, 0.2) is 5.65 Å². The molecule has 3 heterocycles. The van der Waals surface area contributed by atoms with Crippen molar-refractivity contribution in [2.45, 2.75) is 74.6 Å². The first-order chi connectivity index (χ1) is 14.7. The Bertz CT molecular complexity index is 952. The molecule has 3 N–H and O–H groups in total. The van der Waals surface area contributed by atoms with Crippen LogP contribution in [0.1, 0.15) is 51.5 Å². The summed E-state index contributed by atoms with van der Waals surface area (Å²) in [7, 11) is 0. The van der Waals surface area contributed by atoms with E-state index in [-0.39, 0.29) is 24.4 Å². The first-order valence-electron chi connectivity index (χ1n) is 10.9. The Balaban J connectivity index is 1.46. The van der Waals surface area contributed by atoms with E-state index in [1.54, 1.807) is 6.20 Å². The van der Waals surface area contributed by atoms with Crippen LogP contribution in [0, 0.1) is 5.92 Å². The van der Waals surface area contributed by atoms with Gasteiger partial charge in [0, 0.05) is 23.5 Å². The number of halogens is 4. The molecule has 1 saturated heterocycles. The van der Waals surface area contributed by atoms with Crippen LogP contribution in [0.2, 0.25) is 0 Å². The standard InChI is InChI=1S/C20H27ClF3N7/c1-19(3-4-19)30-17-26-10-15-16(29-17)31(14-2-5-25-9-14)18(28-15)27-13-7-11(20(22,23)24)6-12(21)8-13/h10-14,25H,2-9H2,1H3,(H,27,28)(H,26,29,30). The Morgan fingerprint density at radius 1 is 1.23 bits per heavy atom. The summed E-state index contributed by atoms with van der Waals surface area (Å²) in [6.07, 6.45) is 0.929. The van der Waals surface area contributed by atoms with Crippen LogP contribution in [-0.2, 0) is 0 Å². The third-order valence-electron chi connectivity index (χ3n) is 6.69. The normalized spacial score (nSPS) is 30.5. The maximum absolute atomic E-state index is 13.4. The van der Waals surface area contributed by atoms with Crippen molar-refractivity contribution in [2.24, 2.45) is 5.92 Å². The molecule has 0 radical (unpaired) electrons. The van der Waals surface area contributed by atoms with Gasteiger partial charge in [0.1, 0.15) is 5.52 Å². The van der Waals surface area contributed by atoms with Crippen LogP contribution in [0.15, 0.2) is 6.20 Å². The van der Waals surface area contributed by atoms with E-state index in [1.807, 2.05) is 4.57 Å². The molecule has 2 aromatic rings. The molecular formula is C20H27ClF3N7. The minimum absolute atomic E-state index is 0.00428. The highest BCUT2D eigenvalue weighted by molar-refractivity contribution is 6.20. The average Bonchev–Trinajstić information content (AvgIpc) is 3.07. The van der Waals surface area contributed by atoms with Crippen molar-refractivity contribution in [2.75, 3.05) is 23.7 Å². The predicted octanol–water partition coefficient (Wildman–Crippen LogP) is 4.08. The zero-order valence-electron chi connectivity index (χ0n) is 17.3. The fourth-order valence-corrected chi connectivity index (χ4v) is 5.09. The van der Waals surface area contributed by atoms with Crippen LogP contribution in [-0.4, -0.2) is 55.7 Å². The number of hydrogen-bond donors (Lipinski definition) is 3. The second kappa shape index (κ2) is 7.65. The first kappa shape index (κ1) is 21.1. The lowest BCUT2D eigenvalue weighted by Crippen LogP contribution is -2.39. The Hall–Kier alpha value is -1.81. The summed E-state index contributed by atoms with van der Waals surface area (Å²) in [6, 6.07) is -0.274. The number of nitrogens with one attached hydrogen (secondary N) is 3. The molecule has 3 aliphatic rings. The summed E-state index contributed by atoms with van der Waals surface area (Å²) in [5.74, 6) is -0.298. The summed E-state index contributed by atoms with van der Waals surface area (Å²) in [5.41, 5.74) is 1.37. The van der Waals surface area contributed by atoms with Gasteiger partial charge < -0.3 is 16.0 Å². The maximum Gasteiger partial charge on any atom is 0.391 e. The van der Waals surface area contributed by atoms with E-state index in [1.165, 1.54) is 0 Å². The Morgan fingerprint density at radius 2 is 2.03 bits per heavy atom. The van der Waals surface area contributed by atoms with E-state index >= 15 is 0 Å². The number of imidazole rings is 1. The molecule has 3 fully saturated rings. The third kappa shape index (κ3) is 4.41. The van der Waals surface area contributed by atoms with E-state index in [0.29, 0.717) is 29.5 Å². The minimum Gasteiger partial charge on any atom is -0.353 e. The van der Waals surface area contributed by atoms with Crippen molar-refractivity contribution >= 4 is 34.7 Å². The first-order valence-corrected chi connectivity index (χ1v) is 11.3. The largest absolute Gasteiger partial charge is 0.391 e. The lowest BCUT2D eigenvalue weighted by atomic mass is 9.85. The molecule has 0 bridgehead atoms. The number of hydrogen-bond acceptors (Lipinski definition) is 6. The van der Waals surface area contributed by atoms with Crippen molar-refractivity contribution in [3.8, 4) is 0 Å². The highest BCUT2D eigenvalue weighted by Crippen LogP contribution is 2.41. The fourth-order valence-electron chi connectivity index (χ4n) is 4.66. The van der Waals surface area contributed by atoms with Crippen LogP contribution in [0.4, 0.5) is 25.1 Å². The molecule has 4 unspecified atom stereocenters. The molecule has 2 aromatic heterocycles. The molecule has 31 heavy (non-hydrogen) atoms. The van der Waals surface area contributed by atoms with Gasteiger partial charge in [0.05, 0.1) is 18.2 Å². The molecule has 170 valence electrons. The van der Waals surface area contributed by atoms with E-state index in [9.17, 15) is 13.2 Å². The van der Waals surface area contributed by atoms with Gasteiger partial charge in [-0.05, 0) is 52.0 Å². The SMILES string of the molecule is CC1(Nc2ncc3nc(NC4CC(Cl)CC(C(F)(F)F)C4)n(C4CCNC4)c3n2)CC1. The van der Waals surface area contributed by atoms with Gasteiger partial charge in [-0.1, -0.05) is 0 Å². The Kier molecular flexibility index (Phi) is 5.20. The van der Waals surface area contributed by atoms with E-state index < -0.39 is 23.5 Å². The summed E-state index contributed by atoms with van der Waals surface area (Å²) >= 11 is 6.20. The topological polar surface area (TPSA) is 79.7 Å². The molecular weight excluding hydrogens is 431 g/mol. The van der Waals surface area contributed by atoms with E-state index in [2.05, 4.69) is 32.8 Å². The number of fused-ring (bicyclic) bond motifs is 1. The second-order valence-electron chi connectivity index (χ2n) is 9.42. The minimum atomic E-state index is -4.24. The molecule has 11 heteroatoms. The molecule has 1 aliphatic heterocycles. The van der Waals surface area contributed by atoms with Gasteiger partial charge in [0.2, 0.25) is 11.9 Å². The van der Waals surface area contributed by atoms with Crippen molar-refractivity contribution in [3.05, 3.63) is 6.20 Å². The van der Waals surface area contributed by atoms with Gasteiger partial charge in [-0.2, -0.15) is 18.2 Å². The maximum atomic E-state index is 13.4. The summed E-state index contributed by atoms with van der Waals surface area (Å²) in [4.78, 5) is 13.8. The van der Waals surface area contributed by atoms with Crippen LogP contribution in [0.3, 0.4) is 0 Å². The average molecular weight is 458 g/mol. The van der Waals surface area contributed by atoms with Crippen LogP contribution in [0.25, 0.3) is 11.2 Å². The fraction of sp³-hybridized carbons (Fsp3) is 0.750. The highest BCUT2D eigenvalue weighted by atomic mass is 35.5. The highest BCUT2D eigenvalue weighted by Gasteiger charge is 2.45. The number of rotatable bonds is 5. The molecule has 7 nitrogen and oxygen atoms in total. The monoisotopic (exact) mass is 457 g/mol. The molecule has 0 amide bonds. The van der Waals surface area contributed by atoms with Crippen molar-refractivity contribution in [1.29, 1.82) is 0 Å². The van der Waals surface area contributed by atoms with Crippen molar-refractivity contribution in [1.82, 2.24) is 24.8 Å². The molecule has 2 aliphatic carbocycles. The smallest absolute Gasteiger partial charge is 0.353 e. The molecule has 2 saturated carbocycles. The summed E-state index contributed by atoms with van der Waals surface area (Å²) in [5, 5.41) is 9.49. The number of anilines is 2. The molecule has 5 rings (SSSR count).